The molecular formula is C16H24ClNO3. The largest absolute Gasteiger partial charge is 0.388 e. The second-order valence-corrected chi connectivity index (χ2v) is 6.37. The first-order valence-electron chi connectivity index (χ1n) is 7.41. The third-order valence-electron chi connectivity index (χ3n) is 4.03. The number of halogens is 1. The smallest absolute Gasteiger partial charge is 0.0817 e. The van der Waals surface area contributed by atoms with Gasteiger partial charge in [0.15, 0.2) is 0 Å². The molecule has 21 heavy (non-hydrogen) atoms. The van der Waals surface area contributed by atoms with Gasteiger partial charge in [-0.3, -0.25) is 0 Å². The zero-order valence-corrected chi connectivity index (χ0v) is 13.2. The van der Waals surface area contributed by atoms with Crippen molar-refractivity contribution < 1.29 is 14.9 Å². The third kappa shape index (κ3) is 5.24. The van der Waals surface area contributed by atoms with Crippen LogP contribution in [-0.2, 0) is 4.74 Å². The molecule has 5 heteroatoms. The van der Waals surface area contributed by atoms with E-state index in [9.17, 15) is 10.2 Å². The molecule has 0 radical (unpaired) electrons. The van der Waals surface area contributed by atoms with Gasteiger partial charge in [-0.25, -0.2) is 0 Å². The molecule has 1 aliphatic heterocycles. The van der Waals surface area contributed by atoms with Gasteiger partial charge < -0.3 is 19.8 Å². The summed E-state index contributed by atoms with van der Waals surface area (Å²) in [6.45, 7) is 2.59. The van der Waals surface area contributed by atoms with Crippen molar-refractivity contribution >= 4 is 11.6 Å². The maximum absolute atomic E-state index is 10.5. The Morgan fingerprint density at radius 1 is 1.29 bits per heavy atom. The Bertz CT molecular complexity index is 432. The average molecular weight is 314 g/mol. The fraction of sp³-hybridized carbons (Fsp3) is 0.625. The number of hydrogen-bond donors (Lipinski definition) is 2. The van der Waals surface area contributed by atoms with Crippen LogP contribution in [0.5, 0.6) is 0 Å². The summed E-state index contributed by atoms with van der Waals surface area (Å²) in [4.78, 5) is 2.07. The summed E-state index contributed by atoms with van der Waals surface area (Å²) in [7, 11) is 1.97. The predicted molar refractivity (Wildman–Crippen MR) is 83.5 cm³/mol. The Labute approximate surface area is 131 Å². The summed E-state index contributed by atoms with van der Waals surface area (Å²) in [5, 5.41) is 21.3. The van der Waals surface area contributed by atoms with Crippen molar-refractivity contribution in [1.29, 1.82) is 0 Å². The van der Waals surface area contributed by atoms with E-state index in [1.807, 2.05) is 19.2 Å². The van der Waals surface area contributed by atoms with Crippen LogP contribution in [0.15, 0.2) is 24.3 Å². The maximum Gasteiger partial charge on any atom is 0.0817 e. The summed E-state index contributed by atoms with van der Waals surface area (Å²) in [5.41, 5.74) is 0.218. The molecule has 1 fully saturated rings. The minimum absolute atomic E-state index is 0.506. The van der Waals surface area contributed by atoms with Crippen LogP contribution in [0.2, 0.25) is 5.02 Å². The molecule has 1 unspecified atom stereocenters. The molecule has 1 heterocycles. The number of ether oxygens (including phenoxy) is 1. The molecule has 0 saturated carbocycles. The Balaban J connectivity index is 1.77. The standard InChI is InChI=1S/C16H24ClNO3/c1-18(12-16(20)7-10-21-11-8-16)9-6-15(19)13-2-4-14(17)5-3-13/h2-5,15,19-20H,6-12H2,1H3. The summed E-state index contributed by atoms with van der Waals surface area (Å²) in [6.07, 6.45) is 1.48. The zero-order chi connectivity index (χ0) is 15.3. The number of likely N-dealkylation sites (N-methyl/N-ethyl adjacent to an activating group) is 1. The molecule has 4 nitrogen and oxygen atoms in total. The molecule has 118 valence electrons. The number of aliphatic hydroxyl groups is 2. The highest BCUT2D eigenvalue weighted by Crippen LogP contribution is 2.23. The predicted octanol–water partition coefficient (Wildman–Crippen LogP) is 2.24. The number of hydrogen-bond acceptors (Lipinski definition) is 4. The van der Waals surface area contributed by atoms with E-state index in [-0.39, 0.29) is 0 Å². The molecule has 2 rings (SSSR count). The van der Waals surface area contributed by atoms with Crippen molar-refractivity contribution in [2.45, 2.75) is 31.0 Å². The first-order valence-corrected chi connectivity index (χ1v) is 7.78. The third-order valence-corrected chi connectivity index (χ3v) is 4.28. The van der Waals surface area contributed by atoms with Crippen LogP contribution in [0.25, 0.3) is 0 Å². The molecule has 1 aromatic carbocycles. The van der Waals surface area contributed by atoms with Gasteiger partial charge in [0, 0.05) is 44.2 Å². The molecule has 0 bridgehead atoms. The van der Waals surface area contributed by atoms with E-state index in [0.29, 0.717) is 44.0 Å². The van der Waals surface area contributed by atoms with Crippen LogP contribution in [0, 0.1) is 0 Å². The van der Waals surface area contributed by atoms with Crippen LogP contribution in [0.1, 0.15) is 30.9 Å². The van der Waals surface area contributed by atoms with E-state index in [4.69, 9.17) is 16.3 Å². The van der Waals surface area contributed by atoms with Gasteiger partial charge in [-0.15, -0.1) is 0 Å². The summed E-state index contributed by atoms with van der Waals surface area (Å²) < 4.78 is 5.28. The number of aliphatic hydroxyl groups excluding tert-OH is 1. The molecule has 1 aliphatic rings. The van der Waals surface area contributed by atoms with Gasteiger partial charge in [0.2, 0.25) is 0 Å². The topological polar surface area (TPSA) is 52.9 Å². The molecule has 1 atom stereocenters. The van der Waals surface area contributed by atoms with E-state index in [1.54, 1.807) is 12.1 Å². The van der Waals surface area contributed by atoms with Crippen molar-refractivity contribution in [3.05, 3.63) is 34.9 Å². The van der Waals surface area contributed by atoms with Crippen LogP contribution < -0.4 is 0 Å². The molecule has 1 aromatic rings. The lowest BCUT2D eigenvalue weighted by atomic mass is 9.94. The highest BCUT2D eigenvalue weighted by Gasteiger charge is 2.30. The number of benzene rings is 1. The van der Waals surface area contributed by atoms with E-state index < -0.39 is 11.7 Å². The van der Waals surface area contributed by atoms with E-state index in [2.05, 4.69) is 4.90 Å². The SMILES string of the molecule is CN(CCC(O)c1ccc(Cl)cc1)CC1(O)CCOCC1. The fourth-order valence-electron chi connectivity index (χ4n) is 2.69. The lowest BCUT2D eigenvalue weighted by Gasteiger charge is -2.35. The van der Waals surface area contributed by atoms with Crippen LogP contribution >= 0.6 is 11.6 Å². The second kappa shape index (κ2) is 7.56. The van der Waals surface area contributed by atoms with Gasteiger partial charge >= 0.3 is 0 Å². The minimum atomic E-state index is -0.655. The van der Waals surface area contributed by atoms with Gasteiger partial charge in [0.1, 0.15) is 0 Å². The Hall–Kier alpha value is -0.650. The van der Waals surface area contributed by atoms with E-state index in [1.165, 1.54) is 0 Å². The average Bonchev–Trinajstić information content (AvgIpc) is 2.46. The normalized spacial score (nSPS) is 19.7. The molecule has 0 aliphatic carbocycles. The van der Waals surface area contributed by atoms with Crippen molar-refractivity contribution in [2.75, 3.05) is 33.4 Å². The summed E-state index contributed by atoms with van der Waals surface area (Å²) in [6, 6.07) is 7.27. The van der Waals surface area contributed by atoms with Crippen LogP contribution in [0.4, 0.5) is 0 Å². The van der Waals surface area contributed by atoms with Gasteiger partial charge in [-0.1, -0.05) is 23.7 Å². The van der Waals surface area contributed by atoms with E-state index >= 15 is 0 Å². The van der Waals surface area contributed by atoms with Gasteiger partial charge in [0.05, 0.1) is 11.7 Å². The molecule has 2 N–H and O–H groups in total. The first kappa shape index (κ1) is 16.7. The Morgan fingerprint density at radius 2 is 1.90 bits per heavy atom. The van der Waals surface area contributed by atoms with Crippen LogP contribution in [0.3, 0.4) is 0 Å². The summed E-state index contributed by atoms with van der Waals surface area (Å²) in [5.74, 6) is 0. The quantitative estimate of drug-likeness (QED) is 0.845. The van der Waals surface area contributed by atoms with E-state index in [0.717, 1.165) is 12.1 Å². The first-order chi connectivity index (χ1) is 9.98. The number of nitrogens with zero attached hydrogens (tertiary/aromatic N) is 1. The molecule has 0 aromatic heterocycles. The molecule has 0 amide bonds. The van der Waals surface area contributed by atoms with Gasteiger partial charge in [-0.05, 0) is 31.2 Å². The summed E-state index contributed by atoms with van der Waals surface area (Å²) >= 11 is 5.84. The lowest BCUT2D eigenvalue weighted by Crippen LogP contribution is -2.46. The van der Waals surface area contributed by atoms with Crippen molar-refractivity contribution in [1.82, 2.24) is 4.90 Å². The van der Waals surface area contributed by atoms with Crippen molar-refractivity contribution in [3.8, 4) is 0 Å². The van der Waals surface area contributed by atoms with Crippen molar-refractivity contribution in [2.24, 2.45) is 0 Å². The lowest BCUT2D eigenvalue weighted by molar-refractivity contribution is -0.0776. The Morgan fingerprint density at radius 3 is 2.52 bits per heavy atom. The zero-order valence-electron chi connectivity index (χ0n) is 12.5. The minimum Gasteiger partial charge on any atom is -0.388 e. The fourth-order valence-corrected chi connectivity index (χ4v) is 2.81. The second-order valence-electron chi connectivity index (χ2n) is 5.93. The molecule has 1 saturated heterocycles. The highest BCUT2D eigenvalue weighted by molar-refractivity contribution is 6.30. The van der Waals surface area contributed by atoms with Gasteiger partial charge in [0.25, 0.3) is 0 Å². The Kier molecular flexibility index (Phi) is 6.02. The monoisotopic (exact) mass is 313 g/mol. The van der Waals surface area contributed by atoms with Crippen LogP contribution in [-0.4, -0.2) is 54.1 Å². The molecular weight excluding hydrogens is 290 g/mol. The van der Waals surface area contributed by atoms with Crippen molar-refractivity contribution in [3.63, 3.8) is 0 Å². The molecule has 0 spiro atoms. The maximum atomic E-state index is 10.5. The van der Waals surface area contributed by atoms with Gasteiger partial charge in [-0.2, -0.15) is 0 Å². The highest BCUT2D eigenvalue weighted by atomic mass is 35.5. The number of rotatable bonds is 6.